The number of primary amides is 1. The van der Waals surface area contributed by atoms with Gasteiger partial charge >= 0.3 is 5.97 Å². The van der Waals surface area contributed by atoms with Crippen LogP contribution in [0.2, 0.25) is 0 Å². The molecule has 7 heteroatoms. The summed E-state index contributed by atoms with van der Waals surface area (Å²) in [5.74, 6) is -1.72. The van der Waals surface area contributed by atoms with Crippen molar-refractivity contribution >= 4 is 17.8 Å². The van der Waals surface area contributed by atoms with E-state index in [-0.39, 0.29) is 19.3 Å². The number of carboxylic acids is 1. The van der Waals surface area contributed by atoms with Gasteiger partial charge in [-0.2, -0.15) is 0 Å². The van der Waals surface area contributed by atoms with Gasteiger partial charge in [-0.25, -0.2) is 4.79 Å². The lowest BCUT2D eigenvalue weighted by Crippen LogP contribution is -2.42. The molecule has 2 amide bonds. The summed E-state index contributed by atoms with van der Waals surface area (Å²) in [6, 6.07) is 5.82. The van der Waals surface area contributed by atoms with Crippen LogP contribution in [0.3, 0.4) is 0 Å². The van der Waals surface area contributed by atoms with E-state index in [1.807, 2.05) is 0 Å². The molecule has 0 saturated carbocycles. The van der Waals surface area contributed by atoms with Gasteiger partial charge in [0, 0.05) is 12.0 Å². The number of carboxylic acid groups (broad SMARTS) is 1. The highest BCUT2D eigenvalue weighted by Gasteiger charge is 2.21. The maximum absolute atomic E-state index is 11.9. The van der Waals surface area contributed by atoms with E-state index in [0.29, 0.717) is 11.3 Å². The average molecular weight is 294 g/mol. The zero-order valence-corrected chi connectivity index (χ0v) is 11.7. The van der Waals surface area contributed by atoms with Gasteiger partial charge in [0.15, 0.2) is 0 Å². The predicted octanol–water partition coefficient (Wildman–Crippen LogP) is 0.0726. The van der Waals surface area contributed by atoms with Gasteiger partial charge in [0.2, 0.25) is 11.8 Å². The zero-order valence-electron chi connectivity index (χ0n) is 11.7. The smallest absolute Gasteiger partial charge is 0.326 e. The number of amides is 2. The van der Waals surface area contributed by atoms with Gasteiger partial charge in [0.05, 0.1) is 13.5 Å². The van der Waals surface area contributed by atoms with Crippen LogP contribution in [0.4, 0.5) is 0 Å². The number of para-hydroxylation sites is 1. The lowest BCUT2D eigenvalue weighted by Gasteiger charge is -2.14. The summed E-state index contributed by atoms with van der Waals surface area (Å²) in [6.07, 6.45) is -0.154. The van der Waals surface area contributed by atoms with Gasteiger partial charge in [-0.05, 0) is 12.5 Å². The molecule has 0 heterocycles. The first-order valence-electron chi connectivity index (χ1n) is 6.36. The molecule has 1 aromatic carbocycles. The van der Waals surface area contributed by atoms with Crippen LogP contribution in [0.15, 0.2) is 24.3 Å². The van der Waals surface area contributed by atoms with Crippen molar-refractivity contribution in [3.63, 3.8) is 0 Å². The van der Waals surface area contributed by atoms with Crippen LogP contribution in [0, 0.1) is 0 Å². The molecule has 0 spiro atoms. The van der Waals surface area contributed by atoms with Crippen molar-refractivity contribution in [3.05, 3.63) is 29.8 Å². The molecule has 114 valence electrons. The highest BCUT2D eigenvalue weighted by atomic mass is 16.5. The molecule has 0 aromatic heterocycles. The number of hydrogen-bond acceptors (Lipinski definition) is 4. The Labute approximate surface area is 122 Å². The molecule has 0 aliphatic rings. The number of nitrogens with two attached hydrogens (primary N) is 1. The second-order valence-corrected chi connectivity index (χ2v) is 4.45. The van der Waals surface area contributed by atoms with Crippen LogP contribution in [0.1, 0.15) is 18.4 Å². The van der Waals surface area contributed by atoms with Crippen LogP contribution < -0.4 is 15.8 Å². The van der Waals surface area contributed by atoms with Crippen LogP contribution in [-0.2, 0) is 20.8 Å². The topological polar surface area (TPSA) is 119 Å². The van der Waals surface area contributed by atoms with Crippen molar-refractivity contribution < 1.29 is 24.2 Å². The van der Waals surface area contributed by atoms with Crippen molar-refractivity contribution in [1.29, 1.82) is 0 Å². The molecule has 0 unspecified atom stereocenters. The molecule has 0 aliphatic carbocycles. The van der Waals surface area contributed by atoms with E-state index >= 15 is 0 Å². The van der Waals surface area contributed by atoms with Gasteiger partial charge in [-0.3, -0.25) is 9.59 Å². The van der Waals surface area contributed by atoms with Gasteiger partial charge in [0.25, 0.3) is 0 Å². The average Bonchev–Trinajstić information content (AvgIpc) is 2.43. The van der Waals surface area contributed by atoms with Gasteiger partial charge in [-0.1, -0.05) is 18.2 Å². The molecule has 1 rings (SSSR count). The maximum Gasteiger partial charge on any atom is 0.326 e. The Bertz CT molecular complexity index is 530. The Kier molecular flexibility index (Phi) is 6.19. The van der Waals surface area contributed by atoms with E-state index < -0.39 is 23.8 Å². The van der Waals surface area contributed by atoms with E-state index in [4.69, 9.17) is 15.6 Å². The number of methoxy groups -OCH3 is 1. The zero-order chi connectivity index (χ0) is 15.8. The van der Waals surface area contributed by atoms with E-state index in [2.05, 4.69) is 5.32 Å². The Morgan fingerprint density at radius 2 is 2.00 bits per heavy atom. The number of benzene rings is 1. The van der Waals surface area contributed by atoms with E-state index in [0.717, 1.165) is 0 Å². The quantitative estimate of drug-likeness (QED) is 0.627. The second kappa shape index (κ2) is 7.88. The summed E-state index contributed by atoms with van der Waals surface area (Å²) >= 11 is 0. The summed E-state index contributed by atoms with van der Waals surface area (Å²) in [4.78, 5) is 33.6. The van der Waals surface area contributed by atoms with Crippen LogP contribution in [0.5, 0.6) is 5.75 Å². The standard InChI is InChI=1S/C14H18N2O5/c1-21-11-5-3-2-4-9(11)8-13(18)16-10(14(19)20)6-7-12(15)17/h2-5,10H,6-8H2,1H3,(H2,15,17)(H,16,18)(H,19,20)/t10-/m0/s1. The normalized spacial score (nSPS) is 11.5. The van der Waals surface area contributed by atoms with E-state index in [1.54, 1.807) is 24.3 Å². The van der Waals surface area contributed by atoms with Crippen molar-refractivity contribution in [2.75, 3.05) is 7.11 Å². The minimum atomic E-state index is -1.20. The molecule has 21 heavy (non-hydrogen) atoms. The fraction of sp³-hybridized carbons (Fsp3) is 0.357. The first kappa shape index (κ1) is 16.5. The summed E-state index contributed by atoms with van der Waals surface area (Å²) in [6.45, 7) is 0. The monoisotopic (exact) mass is 294 g/mol. The highest BCUT2D eigenvalue weighted by Crippen LogP contribution is 2.17. The lowest BCUT2D eigenvalue weighted by molar-refractivity contribution is -0.142. The minimum Gasteiger partial charge on any atom is -0.496 e. The van der Waals surface area contributed by atoms with Crippen molar-refractivity contribution in [2.45, 2.75) is 25.3 Å². The molecular weight excluding hydrogens is 276 g/mol. The summed E-state index contributed by atoms with van der Waals surface area (Å²) in [5.41, 5.74) is 5.62. The lowest BCUT2D eigenvalue weighted by atomic mass is 10.1. The largest absolute Gasteiger partial charge is 0.496 e. The molecule has 0 saturated heterocycles. The molecule has 1 aromatic rings. The SMILES string of the molecule is COc1ccccc1CC(=O)N[C@@H](CCC(N)=O)C(=O)O. The molecule has 0 bridgehead atoms. The van der Waals surface area contributed by atoms with Gasteiger partial charge in [-0.15, -0.1) is 0 Å². The summed E-state index contributed by atoms with van der Waals surface area (Å²) in [5, 5.41) is 11.4. The first-order chi connectivity index (χ1) is 9.93. The molecule has 1 atom stereocenters. The third-order valence-corrected chi connectivity index (χ3v) is 2.86. The summed E-state index contributed by atoms with van der Waals surface area (Å²) in [7, 11) is 1.49. The molecule has 0 aliphatic heterocycles. The highest BCUT2D eigenvalue weighted by molar-refractivity contribution is 5.85. The maximum atomic E-state index is 11.9. The summed E-state index contributed by atoms with van der Waals surface area (Å²) < 4.78 is 5.12. The van der Waals surface area contributed by atoms with Crippen LogP contribution in [-0.4, -0.2) is 36.0 Å². The fourth-order valence-corrected chi connectivity index (χ4v) is 1.81. The van der Waals surface area contributed by atoms with Crippen molar-refractivity contribution in [1.82, 2.24) is 5.32 Å². The van der Waals surface area contributed by atoms with E-state index in [1.165, 1.54) is 7.11 Å². The van der Waals surface area contributed by atoms with Crippen LogP contribution in [0.25, 0.3) is 0 Å². The third-order valence-electron chi connectivity index (χ3n) is 2.86. The molecule has 0 fully saturated rings. The van der Waals surface area contributed by atoms with E-state index in [9.17, 15) is 14.4 Å². The first-order valence-corrected chi connectivity index (χ1v) is 6.36. The fourth-order valence-electron chi connectivity index (χ4n) is 1.81. The Morgan fingerprint density at radius 3 is 2.57 bits per heavy atom. The molecular formula is C14H18N2O5. The van der Waals surface area contributed by atoms with Gasteiger partial charge in [0.1, 0.15) is 11.8 Å². The number of rotatable bonds is 8. The molecule has 7 nitrogen and oxygen atoms in total. The Hall–Kier alpha value is -2.57. The Balaban J connectivity index is 2.65. The minimum absolute atomic E-state index is 0.00956. The number of carbonyl (C=O) groups is 3. The molecule has 4 N–H and O–H groups in total. The van der Waals surface area contributed by atoms with Crippen molar-refractivity contribution in [3.8, 4) is 5.75 Å². The number of nitrogens with one attached hydrogen (secondary N) is 1. The number of hydrogen-bond donors (Lipinski definition) is 3. The number of carbonyl (C=O) groups excluding carboxylic acids is 2. The Morgan fingerprint density at radius 1 is 1.33 bits per heavy atom. The second-order valence-electron chi connectivity index (χ2n) is 4.45. The van der Waals surface area contributed by atoms with Gasteiger partial charge < -0.3 is 20.9 Å². The molecule has 0 radical (unpaired) electrons. The number of ether oxygens (including phenoxy) is 1. The third kappa shape index (κ3) is 5.52. The van der Waals surface area contributed by atoms with Crippen molar-refractivity contribution in [2.24, 2.45) is 5.73 Å². The number of aliphatic carboxylic acids is 1. The van der Waals surface area contributed by atoms with Crippen LogP contribution >= 0.6 is 0 Å². The predicted molar refractivity (Wildman–Crippen MR) is 74.7 cm³/mol.